The molecule has 1 fully saturated rings. The first-order valence-electron chi connectivity index (χ1n) is 9.63. The van der Waals surface area contributed by atoms with Crippen molar-refractivity contribution >= 4 is 33.9 Å². The first kappa shape index (κ1) is 21.5. The van der Waals surface area contributed by atoms with Gasteiger partial charge >= 0.3 is 0 Å². The van der Waals surface area contributed by atoms with E-state index in [1.165, 1.54) is 0 Å². The number of ether oxygens (including phenoxy) is 2. The van der Waals surface area contributed by atoms with Crippen molar-refractivity contribution in [1.29, 1.82) is 0 Å². The number of nitrogens with one attached hydrogen (secondary N) is 1. The molecule has 29 heavy (non-hydrogen) atoms. The lowest BCUT2D eigenvalue weighted by atomic mass is 9.93. The highest BCUT2D eigenvalue weighted by atomic mass is 32.2. The Labute approximate surface area is 173 Å². The number of piperidine rings is 1. The standard InChI is InChI=1S/C19H29N5O4S/c1-23(2)19-21-15-12-17(28-4)16(27-3)11-14(15)18(22-19)24-9-6-13(7-10-24)5-8-20-29(25)26/h11-13,20H,5-10H2,1-4H3,(H,25,26). The summed E-state index contributed by atoms with van der Waals surface area (Å²) in [7, 11) is 7.09. The van der Waals surface area contributed by atoms with Crippen LogP contribution < -0.4 is 24.0 Å². The molecule has 1 aromatic heterocycles. The molecular weight excluding hydrogens is 394 g/mol. The van der Waals surface area contributed by atoms with Crippen LogP contribution in [0.1, 0.15) is 19.3 Å². The van der Waals surface area contributed by atoms with Crippen LogP contribution in [0.2, 0.25) is 0 Å². The summed E-state index contributed by atoms with van der Waals surface area (Å²) in [6, 6.07) is 3.83. The topological polar surface area (TPSA) is 100 Å². The number of hydrogen-bond acceptors (Lipinski definition) is 7. The predicted molar refractivity (Wildman–Crippen MR) is 115 cm³/mol. The Hall–Kier alpha value is -2.17. The summed E-state index contributed by atoms with van der Waals surface area (Å²) in [5, 5.41) is 0.934. The highest BCUT2D eigenvalue weighted by Gasteiger charge is 2.23. The molecule has 2 heterocycles. The number of anilines is 2. The van der Waals surface area contributed by atoms with Gasteiger partial charge in [0, 0.05) is 45.2 Å². The van der Waals surface area contributed by atoms with Gasteiger partial charge in [0.15, 0.2) is 11.5 Å². The normalized spacial score (nSPS) is 16.1. The minimum atomic E-state index is -1.94. The third kappa shape index (κ3) is 5.06. The average Bonchev–Trinajstić information content (AvgIpc) is 2.72. The molecule has 0 spiro atoms. The van der Waals surface area contributed by atoms with Crippen molar-refractivity contribution in [2.24, 2.45) is 5.92 Å². The molecule has 1 aliphatic rings. The molecule has 10 heteroatoms. The molecule has 1 aliphatic heterocycles. The number of benzene rings is 1. The lowest BCUT2D eigenvalue weighted by molar-refractivity contribution is 0.355. The van der Waals surface area contributed by atoms with Crippen LogP contribution in [0.25, 0.3) is 10.9 Å². The fourth-order valence-corrected chi connectivity index (χ4v) is 3.94. The van der Waals surface area contributed by atoms with E-state index in [0.717, 1.165) is 49.1 Å². The van der Waals surface area contributed by atoms with Crippen molar-refractivity contribution < 1.29 is 18.2 Å². The number of methoxy groups -OCH3 is 2. The van der Waals surface area contributed by atoms with E-state index in [1.807, 2.05) is 31.1 Å². The van der Waals surface area contributed by atoms with E-state index in [1.54, 1.807) is 14.2 Å². The molecular formula is C19H29N5O4S. The van der Waals surface area contributed by atoms with Gasteiger partial charge in [0.05, 0.1) is 19.7 Å². The molecule has 3 rings (SSSR count). The zero-order valence-electron chi connectivity index (χ0n) is 17.3. The van der Waals surface area contributed by atoms with Gasteiger partial charge in [-0.3, -0.25) is 4.55 Å². The summed E-state index contributed by atoms with van der Waals surface area (Å²) >= 11 is -1.94. The summed E-state index contributed by atoms with van der Waals surface area (Å²) in [5.74, 6) is 3.37. The molecule has 9 nitrogen and oxygen atoms in total. The molecule has 1 aromatic carbocycles. The Balaban J connectivity index is 1.87. The van der Waals surface area contributed by atoms with Crippen LogP contribution in [0.15, 0.2) is 12.1 Å². The van der Waals surface area contributed by atoms with Crippen LogP contribution >= 0.6 is 0 Å². The summed E-state index contributed by atoms with van der Waals surface area (Å²) in [6.45, 7) is 2.30. The first-order chi connectivity index (χ1) is 13.9. The first-order valence-corrected chi connectivity index (χ1v) is 10.7. The Morgan fingerprint density at radius 1 is 1.21 bits per heavy atom. The van der Waals surface area contributed by atoms with Crippen molar-refractivity contribution in [1.82, 2.24) is 14.7 Å². The van der Waals surface area contributed by atoms with Gasteiger partial charge in [-0.05, 0) is 31.2 Å². The zero-order chi connectivity index (χ0) is 21.0. The number of nitrogens with zero attached hydrogens (tertiary/aromatic N) is 4. The molecule has 1 saturated heterocycles. The van der Waals surface area contributed by atoms with Gasteiger partial charge in [0.25, 0.3) is 0 Å². The van der Waals surface area contributed by atoms with Crippen LogP contribution in [-0.4, -0.2) is 66.7 Å². The summed E-state index contributed by atoms with van der Waals surface area (Å²) < 4.78 is 33.1. The molecule has 0 aliphatic carbocycles. The lowest BCUT2D eigenvalue weighted by Crippen LogP contribution is -2.35. The van der Waals surface area contributed by atoms with E-state index >= 15 is 0 Å². The van der Waals surface area contributed by atoms with Gasteiger partial charge in [0.2, 0.25) is 17.2 Å². The van der Waals surface area contributed by atoms with E-state index in [4.69, 9.17) is 19.0 Å². The van der Waals surface area contributed by atoms with Crippen molar-refractivity contribution in [2.45, 2.75) is 19.3 Å². The van der Waals surface area contributed by atoms with E-state index in [9.17, 15) is 4.21 Å². The van der Waals surface area contributed by atoms with E-state index in [2.05, 4.69) is 14.6 Å². The lowest BCUT2D eigenvalue weighted by Gasteiger charge is -2.33. The van der Waals surface area contributed by atoms with Gasteiger partial charge in [-0.25, -0.2) is 13.9 Å². The van der Waals surface area contributed by atoms with E-state index in [0.29, 0.717) is 29.9 Å². The van der Waals surface area contributed by atoms with Crippen LogP contribution in [0, 0.1) is 5.92 Å². The van der Waals surface area contributed by atoms with Crippen LogP contribution in [0.3, 0.4) is 0 Å². The fourth-order valence-electron chi connectivity index (χ4n) is 3.65. The predicted octanol–water partition coefficient (Wildman–Crippen LogP) is 2.05. The second-order valence-electron chi connectivity index (χ2n) is 7.33. The monoisotopic (exact) mass is 423 g/mol. The molecule has 0 bridgehead atoms. The van der Waals surface area contributed by atoms with E-state index in [-0.39, 0.29) is 0 Å². The second-order valence-corrected chi connectivity index (χ2v) is 8.12. The summed E-state index contributed by atoms with van der Waals surface area (Å²) in [4.78, 5) is 13.7. The minimum absolute atomic E-state index is 0.526. The maximum atomic E-state index is 10.7. The SMILES string of the molecule is COc1cc2nc(N(C)C)nc(N3CCC(CCNS(=O)O)CC3)c2cc1OC. The maximum absolute atomic E-state index is 10.7. The van der Waals surface area contributed by atoms with Gasteiger partial charge in [-0.2, -0.15) is 4.98 Å². The van der Waals surface area contributed by atoms with Crippen LogP contribution in [0.4, 0.5) is 11.8 Å². The Morgan fingerprint density at radius 3 is 2.45 bits per heavy atom. The summed E-state index contributed by atoms with van der Waals surface area (Å²) in [6.07, 6.45) is 2.91. The van der Waals surface area contributed by atoms with Crippen molar-refractivity contribution in [3.05, 3.63) is 12.1 Å². The van der Waals surface area contributed by atoms with Crippen molar-refractivity contribution in [3.63, 3.8) is 0 Å². The van der Waals surface area contributed by atoms with Gasteiger partial charge in [-0.15, -0.1) is 0 Å². The van der Waals surface area contributed by atoms with Gasteiger partial charge < -0.3 is 19.3 Å². The highest BCUT2D eigenvalue weighted by molar-refractivity contribution is 7.77. The number of fused-ring (bicyclic) bond motifs is 1. The molecule has 2 aromatic rings. The summed E-state index contributed by atoms with van der Waals surface area (Å²) in [5.41, 5.74) is 0.813. The quantitative estimate of drug-likeness (QED) is 0.623. The minimum Gasteiger partial charge on any atom is -0.493 e. The zero-order valence-corrected chi connectivity index (χ0v) is 18.2. The Morgan fingerprint density at radius 2 is 1.86 bits per heavy atom. The number of hydrogen-bond donors (Lipinski definition) is 2. The third-order valence-electron chi connectivity index (χ3n) is 5.26. The largest absolute Gasteiger partial charge is 0.493 e. The third-order valence-corrected chi connectivity index (χ3v) is 5.71. The molecule has 1 atom stereocenters. The number of rotatable bonds is 8. The maximum Gasteiger partial charge on any atom is 0.231 e. The fraction of sp³-hybridized carbons (Fsp3) is 0.579. The molecule has 2 N–H and O–H groups in total. The molecule has 1 unspecified atom stereocenters. The molecule has 0 saturated carbocycles. The van der Waals surface area contributed by atoms with E-state index < -0.39 is 11.3 Å². The van der Waals surface area contributed by atoms with Gasteiger partial charge in [-0.1, -0.05) is 0 Å². The molecule has 0 amide bonds. The molecule has 160 valence electrons. The smallest absolute Gasteiger partial charge is 0.231 e. The Bertz CT molecular complexity index is 871. The van der Waals surface area contributed by atoms with Crippen LogP contribution in [0.5, 0.6) is 11.5 Å². The molecule has 0 radical (unpaired) electrons. The van der Waals surface area contributed by atoms with Crippen molar-refractivity contribution in [3.8, 4) is 11.5 Å². The second kappa shape index (κ2) is 9.55. The Kier molecular flexibility index (Phi) is 7.09. The highest BCUT2D eigenvalue weighted by Crippen LogP contribution is 2.37. The van der Waals surface area contributed by atoms with Crippen molar-refractivity contribution in [2.75, 3.05) is 57.7 Å². The van der Waals surface area contributed by atoms with Gasteiger partial charge in [0.1, 0.15) is 5.82 Å². The average molecular weight is 424 g/mol. The van der Waals surface area contributed by atoms with Crippen LogP contribution in [-0.2, 0) is 11.3 Å². The number of aromatic nitrogens is 2.